The largest absolute Gasteiger partial charge is 0.478 e. The first kappa shape index (κ1) is 21.4. The van der Waals surface area contributed by atoms with Crippen molar-refractivity contribution in [1.29, 1.82) is 0 Å². The van der Waals surface area contributed by atoms with Gasteiger partial charge in [0, 0.05) is 18.5 Å². The second kappa shape index (κ2) is 8.39. The van der Waals surface area contributed by atoms with Crippen molar-refractivity contribution in [1.82, 2.24) is 0 Å². The van der Waals surface area contributed by atoms with Gasteiger partial charge in [0.25, 0.3) is 0 Å². The summed E-state index contributed by atoms with van der Waals surface area (Å²) < 4.78 is 6.10. The molecular weight excluding hydrogens is 398 g/mol. The normalized spacial score (nSPS) is 15.7. The number of carboxylic acids is 1. The lowest BCUT2D eigenvalue weighted by atomic mass is 9.70. The molecule has 0 amide bonds. The molecule has 0 bridgehead atoms. The fraction of sp³-hybridized carbons (Fsp3) is 0.179. The van der Waals surface area contributed by atoms with E-state index >= 15 is 0 Å². The molecule has 0 radical (unpaired) electrons. The molecule has 0 aliphatic carbocycles. The molecule has 1 aliphatic heterocycles. The maximum absolute atomic E-state index is 11.2. The molecule has 3 aromatic rings. The van der Waals surface area contributed by atoms with E-state index in [9.17, 15) is 9.90 Å². The van der Waals surface area contributed by atoms with Crippen molar-refractivity contribution in [3.8, 4) is 5.75 Å². The Morgan fingerprint density at radius 3 is 2.38 bits per heavy atom. The van der Waals surface area contributed by atoms with Crippen LogP contribution in [0.3, 0.4) is 0 Å². The minimum Gasteiger partial charge on any atom is -0.478 e. The number of aromatic carboxylic acids is 1. The van der Waals surface area contributed by atoms with Crippen LogP contribution in [0.5, 0.6) is 5.75 Å². The van der Waals surface area contributed by atoms with Crippen LogP contribution in [0.15, 0.2) is 96.9 Å². The van der Waals surface area contributed by atoms with Crippen molar-refractivity contribution in [2.75, 3.05) is 11.9 Å². The van der Waals surface area contributed by atoms with Crippen LogP contribution in [0.2, 0.25) is 0 Å². The molecule has 1 unspecified atom stereocenters. The molecule has 4 rings (SSSR count). The summed E-state index contributed by atoms with van der Waals surface area (Å²) in [5.74, 6) is 0.640. The lowest BCUT2D eigenvalue weighted by Crippen LogP contribution is -2.28. The minimum atomic E-state index is -0.923. The highest BCUT2D eigenvalue weighted by atomic mass is 16.5. The average Bonchev–Trinajstić information content (AvgIpc) is 3.09. The Morgan fingerprint density at radius 1 is 1.06 bits per heavy atom. The summed E-state index contributed by atoms with van der Waals surface area (Å²) in [4.78, 5) is 13.3. The van der Waals surface area contributed by atoms with Crippen LogP contribution >= 0.6 is 0 Å². The standard InChI is InChI=1S/C28H27NO3/c1-19-9-5-6-10-23(19)28(3,18-21-13-15-22(16-14-21)27(30)31)20(2)17-26-29(4)24-11-7-8-12-25(24)32-26/h5-17H,2,18H2,1,3-4H3,(H,30,31)/b26-17-. The molecule has 3 aromatic carbocycles. The van der Waals surface area contributed by atoms with E-state index in [1.807, 2.05) is 66.6 Å². The van der Waals surface area contributed by atoms with E-state index in [1.54, 1.807) is 12.1 Å². The number of rotatable bonds is 6. The van der Waals surface area contributed by atoms with Gasteiger partial charge in [-0.2, -0.15) is 0 Å². The van der Waals surface area contributed by atoms with Gasteiger partial charge in [-0.25, -0.2) is 4.79 Å². The third-order valence-corrected chi connectivity index (χ3v) is 6.28. The molecule has 1 aliphatic rings. The molecule has 0 spiro atoms. The van der Waals surface area contributed by atoms with Gasteiger partial charge in [0.1, 0.15) is 0 Å². The van der Waals surface area contributed by atoms with Crippen LogP contribution in [0, 0.1) is 6.92 Å². The summed E-state index contributed by atoms with van der Waals surface area (Å²) in [7, 11) is 1.99. The quantitative estimate of drug-likeness (QED) is 0.517. The second-order valence-electron chi connectivity index (χ2n) is 8.46. The fourth-order valence-electron chi connectivity index (χ4n) is 4.30. The number of fused-ring (bicyclic) bond motifs is 1. The number of hydrogen-bond donors (Lipinski definition) is 1. The Kier molecular flexibility index (Phi) is 5.62. The fourth-order valence-corrected chi connectivity index (χ4v) is 4.30. The van der Waals surface area contributed by atoms with E-state index in [-0.39, 0.29) is 5.56 Å². The summed E-state index contributed by atoms with van der Waals surface area (Å²) in [5.41, 5.74) is 5.22. The molecule has 4 nitrogen and oxygen atoms in total. The first-order valence-corrected chi connectivity index (χ1v) is 10.6. The Bertz CT molecular complexity index is 1210. The second-order valence-corrected chi connectivity index (χ2v) is 8.46. The maximum Gasteiger partial charge on any atom is 0.335 e. The summed E-state index contributed by atoms with van der Waals surface area (Å²) in [6.45, 7) is 8.76. The van der Waals surface area contributed by atoms with E-state index in [0.29, 0.717) is 6.42 Å². The molecule has 0 aromatic heterocycles. The molecule has 1 N–H and O–H groups in total. The number of anilines is 1. The molecule has 4 heteroatoms. The number of ether oxygens (including phenoxy) is 1. The van der Waals surface area contributed by atoms with Crippen molar-refractivity contribution >= 4 is 11.7 Å². The molecule has 1 heterocycles. The van der Waals surface area contributed by atoms with Gasteiger partial charge in [-0.05, 0) is 59.9 Å². The van der Waals surface area contributed by atoms with Gasteiger partial charge in [0.15, 0.2) is 5.75 Å². The molecular formula is C28H27NO3. The van der Waals surface area contributed by atoms with Crippen molar-refractivity contribution in [2.45, 2.75) is 25.7 Å². The summed E-state index contributed by atoms with van der Waals surface area (Å²) >= 11 is 0. The Balaban J connectivity index is 1.72. The van der Waals surface area contributed by atoms with Crippen molar-refractivity contribution in [2.24, 2.45) is 0 Å². The topological polar surface area (TPSA) is 49.8 Å². The number of benzene rings is 3. The zero-order chi connectivity index (χ0) is 22.9. The van der Waals surface area contributed by atoms with E-state index in [2.05, 4.69) is 32.6 Å². The third kappa shape index (κ3) is 3.92. The van der Waals surface area contributed by atoms with E-state index in [0.717, 1.165) is 28.5 Å². The number of carboxylic acid groups (broad SMARTS) is 1. The highest BCUT2D eigenvalue weighted by Crippen LogP contribution is 2.41. The van der Waals surface area contributed by atoms with Crippen LogP contribution in [0.25, 0.3) is 0 Å². The van der Waals surface area contributed by atoms with Crippen LogP contribution in [0.4, 0.5) is 5.69 Å². The predicted molar refractivity (Wildman–Crippen MR) is 128 cm³/mol. The van der Waals surface area contributed by atoms with Crippen molar-refractivity contribution in [3.05, 3.63) is 119 Å². The van der Waals surface area contributed by atoms with Crippen LogP contribution in [-0.4, -0.2) is 18.1 Å². The van der Waals surface area contributed by atoms with Crippen LogP contribution < -0.4 is 9.64 Å². The van der Waals surface area contributed by atoms with Gasteiger partial charge in [-0.1, -0.05) is 62.0 Å². The van der Waals surface area contributed by atoms with Gasteiger partial charge in [0.05, 0.1) is 11.3 Å². The Labute approximate surface area is 189 Å². The Hall–Kier alpha value is -3.79. The molecule has 0 fully saturated rings. The zero-order valence-corrected chi connectivity index (χ0v) is 18.6. The summed E-state index contributed by atoms with van der Waals surface area (Å²) in [6.07, 6.45) is 2.69. The Morgan fingerprint density at radius 2 is 1.72 bits per heavy atom. The lowest BCUT2D eigenvalue weighted by Gasteiger charge is -2.33. The number of nitrogens with zero attached hydrogens (tertiary/aromatic N) is 1. The third-order valence-electron chi connectivity index (χ3n) is 6.28. The van der Waals surface area contributed by atoms with Gasteiger partial charge in [-0.15, -0.1) is 0 Å². The minimum absolute atomic E-state index is 0.283. The number of carbonyl (C=O) groups is 1. The monoisotopic (exact) mass is 425 g/mol. The first-order valence-electron chi connectivity index (χ1n) is 10.6. The van der Waals surface area contributed by atoms with Gasteiger partial charge < -0.3 is 14.7 Å². The predicted octanol–water partition coefficient (Wildman–Crippen LogP) is 6.12. The molecule has 0 saturated carbocycles. The summed E-state index contributed by atoms with van der Waals surface area (Å²) in [5, 5.41) is 9.23. The number of hydrogen-bond acceptors (Lipinski definition) is 3. The number of para-hydroxylation sites is 2. The van der Waals surface area contributed by atoms with Gasteiger partial charge >= 0.3 is 5.97 Å². The number of allylic oxidation sites excluding steroid dienone is 2. The van der Waals surface area contributed by atoms with E-state index in [4.69, 9.17) is 4.74 Å². The highest BCUT2D eigenvalue weighted by Gasteiger charge is 2.33. The molecule has 1 atom stereocenters. The lowest BCUT2D eigenvalue weighted by molar-refractivity contribution is 0.0697. The molecule has 32 heavy (non-hydrogen) atoms. The van der Waals surface area contributed by atoms with E-state index < -0.39 is 11.4 Å². The average molecular weight is 426 g/mol. The summed E-state index contributed by atoms with van der Waals surface area (Å²) in [6, 6.07) is 23.3. The van der Waals surface area contributed by atoms with E-state index in [1.165, 1.54) is 11.1 Å². The highest BCUT2D eigenvalue weighted by molar-refractivity contribution is 5.87. The zero-order valence-electron chi connectivity index (χ0n) is 18.6. The molecule has 0 saturated heterocycles. The SMILES string of the molecule is C=C(/C=C1\Oc2ccccc2N1C)C(C)(Cc1ccc(C(=O)O)cc1)c1ccccc1C. The van der Waals surface area contributed by atoms with Crippen LogP contribution in [-0.2, 0) is 11.8 Å². The van der Waals surface area contributed by atoms with Gasteiger partial charge in [0.2, 0.25) is 5.88 Å². The first-order chi connectivity index (χ1) is 15.3. The van der Waals surface area contributed by atoms with Crippen molar-refractivity contribution < 1.29 is 14.6 Å². The van der Waals surface area contributed by atoms with Gasteiger partial charge in [-0.3, -0.25) is 0 Å². The van der Waals surface area contributed by atoms with Crippen LogP contribution in [0.1, 0.15) is 34.0 Å². The smallest absolute Gasteiger partial charge is 0.335 e. The number of aryl methyl sites for hydroxylation is 1. The molecule has 162 valence electrons. The van der Waals surface area contributed by atoms with Crippen molar-refractivity contribution in [3.63, 3.8) is 0 Å². The maximum atomic E-state index is 11.2.